The van der Waals surface area contributed by atoms with E-state index in [9.17, 15) is 0 Å². The molecule has 1 atom stereocenters. The van der Waals surface area contributed by atoms with Crippen molar-refractivity contribution in [2.24, 2.45) is 11.1 Å². The molecule has 1 aromatic heterocycles. The quantitative estimate of drug-likeness (QED) is 0.798. The van der Waals surface area contributed by atoms with Gasteiger partial charge in [0.2, 0.25) is 0 Å². The van der Waals surface area contributed by atoms with Crippen LogP contribution in [-0.2, 0) is 11.3 Å². The molecule has 1 aromatic carbocycles. The van der Waals surface area contributed by atoms with Gasteiger partial charge in [-0.25, -0.2) is 0 Å². The third-order valence-corrected chi connectivity index (χ3v) is 4.34. The smallest absolute Gasteiger partial charge is 0.106 e. The van der Waals surface area contributed by atoms with E-state index in [0.717, 1.165) is 41.1 Å². The number of fused-ring (bicyclic) bond motifs is 1. The summed E-state index contributed by atoms with van der Waals surface area (Å²) in [5, 5.41) is 13.1. The van der Waals surface area contributed by atoms with Crippen LogP contribution >= 0.6 is 0 Å². The molecule has 0 unspecified atom stereocenters. The largest absolute Gasteiger partial charge is 0.399 e. The van der Waals surface area contributed by atoms with E-state index in [1.54, 1.807) is 7.11 Å². The summed E-state index contributed by atoms with van der Waals surface area (Å²) < 4.78 is 0. The number of hydrogen-bond acceptors (Lipinski definition) is 4. The fourth-order valence-electron chi connectivity index (χ4n) is 3.04. The predicted octanol–water partition coefficient (Wildman–Crippen LogP) is 4.20. The Morgan fingerprint density at radius 3 is 2.52 bits per heavy atom. The molecule has 0 fully saturated rings. The Bertz CT molecular complexity index is 720. The Hall–Kier alpha value is -2.23. The van der Waals surface area contributed by atoms with Crippen LogP contribution < -0.4 is 0 Å². The van der Waals surface area contributed by atoms with E-state index in [2.05, 4.69) is 66.5 Å². The van der Waals surface area contributed by atoms with E-state index < -0.39 is 0 Å². The van der Waals surface area contributed by atoms with Gasteiger partial charge in [-0.2, -0.15) is 10.2 Å². The second-order valence-corrected chi connectivity index (χ2v) is 6.60. The molecule has 0 aliphatic heterocycles. The third kappa shape index (κ3) is 3.26. The summed E-state index contributed by atoms with van der Waals surface area (Å²) >= 11 is 0. The monoisotopic (exact) mass is 309 g/mol. The molecular formula is C19H23N3O. The Labute approximate surface area is 137 Å². The molecule has 1 heterocycles. The van der Waals surface area contributed by atoms with Crippen LogP contribution in [0.5, 0.6) is 0 Å². The first-order chi connectivity index (χ1) is 11.1. The maximum absolute atomic E-state index is 5.01. The average molecular weight is 309 g/mol. The maximum Gasteiger partial charge on any atom is 0.106 e. The van der Waals surface area contributed by atoms with Crippen LogP contribution in [0.1, 0.15) is 49.9 Å². The molecule has 3 rings (SSSR count). The van der Waals surface area contributed by atoms with Crippen molar-refractivity contribution in [3.8, 4) is 11.3 Å². The zero-order valence-corrected chi connectivity index (χ0v) is 14.2. The number of hydrogen-bond donors (Lipinski definition) is 0. The minimum atomic E-state index is 0.516. The third-order valence-electron chi connectivity index (χ3n) is 4.34. The first-order valence-corrected chi connectivity index (χ1v) is 8.15. The molecule has 0 saturated carbocycles. The lowest BCUT2D eigenvalue weighted by Gasteiger charge is -2.21. The molecule has 4 nitrogen and oxygen atoms in total. The van der Waals surface area contributed by atoms with Crippen molar-refractivity contribution in [1.82, 2.24) is 10.2 Å². The Balaban J connectivity index is 1.99. The first-order valence-electron chi connectivity index (χ1n) is 8.15. The molecule has 0 saturated heterocycles. The molecule has 1 aliphatic rings. The molecule has 0 radical (unpaired) electrons. The van der Waals surface area contributed by atoms with Crippen LogP contribution in [-0.4, -0.2) is 23.0 Å². The van der Waals surface area contributed by atoms with Crippen LogP contribution in [0.15, 0.2) is 35.5 Å². The van der Waals surface area contributed by atoms with Crippen molar-refractivity contribution in [2.75, 3.05) is 7.11 Å². The van der Waals surface area contributed by atoms with Gasteiger partial charge in [-0.1, -0.05) is 50.2 Å². The van der Waals surface area contributed by atoms with Crippen molar-refractivity contribution < 1.29 is 4.84 Å². The summed E-state index contributed by atoms with van der Waals surface area (Å²) in [5.41, 5.74) is 6.36. The fraction of sp³-hybridized carbons (Fsp3) is 0.421. The van der Waals surface area contributed by atoms with Gasteiger partial charge >= 0.3 is 0 Å². The van der Waals surface area contributed by atoms with E-state index in [4.69, 9.17) is 4.84 Å². The van der Waals surface area contributed by atoms with Crippen LogP contribution in [0.25, 0.3) is 11.3 Å². The van der Waals surface area contributed by atoms with Crippen molar-refractivity contribution in [2.45, 2.75) is 39.5 Å². The SMILES string of the molecule is CO/N=C1\C[C@H](C)Cc2nnc(-c3ccc(C(C)C)cc3)cc21. The summed E-state index contributed by atoms with van der Waals surface area (Å²) in [4.78, 5) is 5.01. The highest BCUT2D eigenvalue weighted by atomic mass is 16.6. The minimum Gasteiger partial charge on any atom is -0.399 e. The average Bonchev–Trinajstić information content (AvgIpc) is 2.55. The van der Waals surface area contributed by atoms with Gasteiger partial charge in [0.1, 0.15) is 7.11 Å². The number of benzene rings is 1. The Morgan fingerprint density at radius 1 is 1.13 bits per heavy atom. The van der Waals surface area contributed by atoms with E-state index in [1.165, 1.54) is 5.56 Å². The molecule has 1 aliphatic carbocycles. The Morgan fingerprint density at radius 2 is 1.87 bits per heavy atom. The molecule has 4 heteroatoms. The van der Waals surface area contributed by atoms with Gasteiger partial charge in [-0.15, -0.1) is 0 Å². The van der Waals surface area contributed by atoms with Gasteiger partial charge in [0.05, 0.1) is 17.1 Å². The topological polar surface area (TPSA) is 47.4 Å². The van der Waals surface area contributed by atoms with Gasteiger partial charge in [0, 0.05) is 11.1 Å². The number of nitrogens with zero attached hydrogens (tertiary/aromatic N) is 3. The second-order valence-electron chi connectivity index (χ2n) is 6.60. The molecule has 0 amide bonds. The van der Waals surface area contributed by atoms with Crippen molar-refractivity contribution in [3.63, 3.8) is 0 Å². The molecular weight excluding hydrogens is 286 g/mol. The molecule has 0 spiro atoms. The number of rotatable bonds is 3. The summed E-state index contributed by atoms with van der Waals surface area (Å²) in [6.07, 6.45) is 1.86. The summed E-state index contributed by atoms with van der Waals surface area (Å²) in [6.45, 7) is 6.60. The van der Waals surface area contributed by atoms with Gasteiger partial charge in [-0.3, -0.25) is 0 Å². The maximum atomic E-state index is 5.01. The zero-order chi connectivity index (χ0) is 16.4. The van der Waals surface area contributed by atoms with Crippen molar-refractivity contribution in [1.29, 1.82) is 0 Å². The lowest BCUT2D eigenvalue weighted by Crippen LogP contribution is -2.21. The molecule has 120 valence electrons. The summed E-state index contributed by atoms with van der Waals surface area (Å²) in [7, 11) is 1.59. The fourth-order valence-corrected chi connectivity index (χ4v) is 3.04. The van der Waals surface area contributed by atoms with Crippen LogP contribution in [0.3, 0.4) is 0 Å². The van der Waals surface area contributed by atoms with Gasteiger partial charge < -0.3 is 4.84 Å². The lowest BCUT2D eigenvalue weighted by molar-refractivity contribution is 0.212. The lowest BCUT2D eigenvalue weighted by atomic mass is 9.86. The van der Waals surface area contributed by atoms with Crippen LogP contribution in [0.2, 0.25) is 0 Å². The van der Waals surface area contributed by atoms with Crippen molar-refractivity contribution in [3.05, 3.63) is 47.2 Å². The van der Waals surface area contributed by atoms with E-state index in [-0.39, 0.29) is 0 Å². The van der Waals surface area contributed by atoms with Crippen LogP contribution in [0, 0.1) is 5.92 Å². The van der Waals surface area contributed by atoms with E-state index in [1.807, 2.05) is 0 Å². The van der Waals surface area contributed by atoms with Gasteiger partial charge in [0.15, 0.2) is 0 Å². The molecule has 0 bridgehead atoms. The highest BCUT2D eigenvalue weighted by Crippen LogP contribution is 2.28. The normalized spacial score (nSPS) is 19.0. The van der Waals surface area contributed by atoms with Crippen LogP contribution in [0.4, 0.5) is 0 Å². The predicted molar refractivity (Wildman–Crippen MR) is 92.6 cm³/mol. The highest BCUT2D eigenvalue weighted by Gasteiger charge is 2.24. The second kappa shape index (κ2) is 6.49. The highest BCUT2D eigenvalue weighted by molar-refractivity contribution is 6.02. The molecule has 23 heavy (non-hydrogen) atoms. The number of aromatic nitrogens is 2. The number of oxime groups is 1. The van der Waals surface area contributed by atoms with Crippen molar-refractivity contribution >= 4 is 5.71 Å². The minimum absolute atomic E-state index is 0.516. The zero-order valence-electron chi connectivity index (χ0n) is 14.2. The summed E-state index contributed by atoms with van der Waals surface area (Å²) in [5.74, 6) is 1.04. The molecule has 0 N–H and O–H groups in total. The van der Waals surface area contributed by atoms with Gasteiger partial charge in [0.25, 0.3) is 0 Å². The van der Waals surface area contributed by atoms with Gasteiger partial charge in [-0.05, 0) is 36.3 Å². The van der Waals surface area contributed by atoms with E-state index in [0.29, 0.717) is 11.8 Å². The standard InChI is InChI=1S/C19H23N3O/c1-12(2)14-5-7-15(8-6-14)17-11-16-18(21-20-17)9-13(3)10-19(16)22-23-4/h5-8,11-13H,9-10H2,1-4H3/b22-19+/t13-/m1/s1. The first kappa shape index (κ1) is 15.7. The summed E-state index contributed by atoms with van der Waals surface area (Å²) in [6, 6.07) is 10.6. The van der Waals surface area contributed by atoms with E-state index >= 15 is 0 Å². The Kier molecular flexibility index (Phi) is 4.42. The molecule has 2 aromatic rings.